The van der Waals surface area contributed by atoms with Crippen molar-refractivity contribution in [3.63, 3.8) is 0 Å². The highest BCUT2D eigenvalue weighted by Gasteiger charge is 2.33. The van der Waals surface area contributed by atoms with Gasteiger partial charge in [-0.05, 0) is 5.56 Å². The number of ether oxygens (including phenoxy) is 1. The second kappa shape index (κ2) is 4.82. The highest BCUT2D eigenvalue weighted by molar-refractivity contribution is 6.76. The lowest BCUT2D eigenvalue weighted by molar-refractivity contribution is 0.255. The smallest absolute Gasteiger partial charge is 0.266 e. The summed E-state index contributed by atoms with van der Waals surface area (Å²) in [7, 11) is 0. The Hall–Kier alpha value is -0.440. The molecule has 0 spiro atoms. The van der Waals surface area contributed by atoms with Crippen molar-refractivity contribution in [2.45, 2.75) is 16.3 Å². The van der Waals surface area contributed by atoms with Crippen molar-refractivity contribution < 1.29 is 4.74 Å². The van der Waals surface area contributed by atoms with Crippen LogP contribution in [0.2, 0.25) is 0 Å². The second-order valence-corrected chi connectivity index (χ2v) is 5.78. The molecule has 1 aromatic rings. The molecule has 1 heterocycles. The predicted molar refractivity (Wildman–Crippen MR) is 67.5 cm³/mol. The Morgan fingerprint density at radius 1 is 1.19 bits per heavy atom. The van der Waals surface area contributed by atoms with Crippen LogP contribution in [0, 0.1) is 0 Å². The van der Waals surface area contributed by atoms with Crippen molar-refractivity contribution in [3.05, 3.63) is 35.9 Å². The summed E-state index contributed by atoms with van der Waals surface area (Å²) < 4.78 is 3.67. The monoisotopic (exact) mass is 277 g/mol. The molecule has 86 valence electrons. The Kier molecular flexibility index (Phi) is 3.63. The van der Waals surface area contributed by atoms with Gasteiger partial charge >= 0.3 is 0 Å². The highest BCUT2D eigenvalue weighted by atomic mass is 35.6. The fourth-order valence-corrected chi connectivity index (χ4v) is 1.89. The molecule has 2 nitrogen and oxygen atoms in total. The molecule has 0 saturated heterocycles. The quantitative estimate of drug-likeness (QED) is 0.714. The number of benzene rings is 1. The summed E-state index contributed by atoms with van der Waals surface area (Å²) >= 11 is 17.2. The fourth-order valence-electron chi connectivity index (χ4n) is 1.58. The van der Waals surface area contributed by atoms with Gasteiger partial charge in [-0.2, -0.15) is 0 Å². The van der Waals surface area contributed by atoms with E-state index >= 15 is 0 Å². The lowest BCUT2D eigenvalue weighted by Crippen LogP contribution is -2.27. The van der Waals surface area contributed by atoms with Gasteiger partial charge in [-0.1, -0.05) is 65.1 Å². The van der Waals surface area contributed by atoms with Gasteiger partial charge in [0.25, 0.3) is 3.79 Å². The van der Waals surface area contributed by atoms with Gasteiger partial charge in [0.05, 0.1) is 12.6 Å². The third-order valence-corrected chi connectivity index (χ3v) is 2.82. The van der Waals surface area contributed by atoms with Crippen LogP contribution in [0.1, 0.15) is 18.0 Å². The molecule has 0 aliphatic carbocycles. The van der Waals surface area contributed by atoms with E-state index in [-0.39, 0.29) is 11.9 Å². The van der Waals surface area contributed by atoms with E-state index in [0.29, 0.717) is 6.61 Å². The third-order valence-electron chi connectivity index (χ3n) is 2.33. The van der Waals surface area contributed by atoms with Crippen LogP contribution in [-0.4, -0.2) is 16.3 Å². The molecule has 1 atom stereocenters. The summed E-state index contributed by atoms with van der Waals surface area (Å²) in [5.74, 6) is 0.178. The number of halogens is 3. The first-order valence-corrected chi connectivity index (χ1v) is 6.03. The van der Waals surface area contributed by atoms with Gasteiger partial charge in [0.15, 0.2) is 0 Å². The summed E-state index contributed by atoms with van der Waals surface area (Å²) in [5.41, 5.74) is 1.11. The maximum Gasteiger partial charge on any atom is 0.266 e. The summed E-state index contributed by atoms with van der Waals surface area (Å²) in [6.45, 7) is 0.520. The highest BCUT2D eigenvalue weighted by Crippen LogP contribution is 2.34. The Bertz CT molecular complexity index is 386. The SMILES string of the molecule is ClC(Cl)(Cl)C1=NC(c2ccccc2)CCO1. The normalized spacial score (nSPS) is 21.2. The number of nitrogens with zero attached hydrogens (tertiary/aromatic N) is 1. The molecule has 1 unspecified atom stereocenters. The topological polar surface area (TPSA) is 21.6 Å². The lowest BCUT2D eigenvalue weighted by atomic mass is 10.0. The summed E-state index contributed by atoms with van der Waals surface area (Å²) in [6, 6.07) is 9.93. The second-order valence-electron chi connectivity index (χ2n) is 3.50. The lowest BCUT2D eigenvalue weighted by Gasteiger charge is -2.24. The zero-order chi connectivity index (χ0) is 11.6. The maximum atomic E-state index is 5.74. The Morgan fingerprint density at radius 2 is 1.88 bits per heavy atom. The van der Waals surface area contributed by atoms with Crippen LogP contribution < -0.4 is 0 Å². The molecule has 2 rings (SSSR count). The first-order chi connectivity index (χ1) is 7.57. The van der Waals surface area contributed by atoms with E-state index in [1.807, 2.05) is 30.3 Å². The van der Waals surface area contributed by atoms with Crippen LogP contribution >= 0.6 is 34.8 Å². The summed E-state index contributed by atoms with van der Waals surface area (Å²) in [5, 5.41) is 0. The first kappa shape index (κ1) is 12.0. The largest absolute Gasteiger partial charge is 0.478 e. The first-order valence-electron chi connectivity index (χ1n) is 4.90. The molecule has 0 N–H and O–H groups in total. The number of alkyl halides is 3. The molecular weight excluding hydrogens is 268 g/mol. The van der Waals surface area contributed by atoms with Gasteiger partial charge in [0.2, 0.25) is 5.90 Å². The summed E-state index contributed by atoms with van der Waals surface area (Å²) in [4.78, 5) is 4.32. The van der Waals surface area contributed by atoms with Crippen molar-refractivity contribution in [1.29, 1.82) is 0 Å². The molecule has 5 heteroatoms. The van der Waals surface area contributed by atoms with Crippen LogP contribution in [-0.2, 0) is 4.74 Å². The molecule has 0 bridgehead atoms. The van der Waals surface area contributed by atoms with Crippen LogP contribution in [0.4, 0.5) is 0 Å². The molecule has 0 saturated carbocycles. The van der Waals surface area contributed by atoms with E-state index in [1.54, 1.807) is 0 Å². The van der Waals surface area contributed by atoms with Crippen molar-refractivity contribution in [1.82, 2.24) is 0 Å². The number of aliphatic imine (C=N–C) groups is 1. The van der Waals surface area contributed by atoms with Crippen LogP contribution in [0.5, 0.6) is 0 Å². The molecule has 1 aliphatic heterocycles. The fraction of sp³-hybridized carbons (Fsp3) is 0.364. The minimum atomic E-state index is -1.58. The molecule has 16 heavy (non-hydrogen) atoms. The number of hydrogen-bond acceptors (Lipinski definition) is 2. The van der Waals surface area contributed by atoms with Gasteiger partial charge in [-0.25, -0.2) is 4.99 Å². The standard InChI is InChI=1S/C11H10Cl3NO/c12-11(13,14)10-15-9(6-7-16-10)8-4-2-1-3-5-8/h1-5,9H,6-7H2. The van der Waals surface area contributed by atoms with E-state index in [9.17, 15) is 0 Å². The van der Waals surface area contributed by atoms with Crippen LogP contribution in [0.3, 0.4) is 0 Å². The number of hydrogen-bond donors (Lipinski definition) is 0. The predicted octanol–water partition coefficient (Wildman–Crippen LogP) is 3.92. The van der Waals surface area contributed by atoms with Gasteiger partial charge in [-0.15, -0.1) is 0 Å². The molecular formula is C11H10Cl3NO. The molecule has 1 aliphatic rings. The average Bonchev–Trinajstić information content (AvgIpc) is 2.29. The van der Waals surface area contributed by atoms with E-state index in [0.717, 1.165) is 12.0 Å². The van der Waals surface area contributed by atoms with Gasteiger partial charge in [0, 0.05) is 6.42 Å². The zero-order valence-corrected chi connectivity index (χ0v) is 10.6. The van der Waals surface area contributed by atoms with Crippen LogP contribution in [0.25, 0.3) is 0 Å². The minimum Gasteiger partial charge on any atom is -0.478 e. The van der Waals surface area contributed by atoms with Crippen molar-refractivity contribution in [2.24, 2.45) is 4.99 Å². The average molecular weight is 279 g/mol. The molecule has 1 aromatic carbocycles. The Morgan fingerprint density at radius 3 is 2.50 bits per heavy atom. The van der Waals surface area contributed by atoms with E-state index in [1.165, 1.54) is 0 Å². The Balaban J connectivity index is 2.25. The molecule has 0 amide bonds. The van der Waals surface area contributed by atoms with Crippen molar-refractivity contribution >= 4 is 40.7 Å². The van der Waals surface area contributed by atoms with Gasteiger partial charge in [-0.3, -0.25) is 0 Å². The maximum absolute atomic E-state index is 5.74. The van der Waals surface area contributed by atoms with E-state index in [2.05, 4.69) is 4.99 Å². The minimum absolute atomic E-state index is 0.0144. The molecule has 0 radical (unpaired) electrons. The van der Waals surface area contributed by atoms with E-state index in [4.69, 9.17) is 39.5 Å². The Labute approximate surface area is 109 Å². The summed E-state index contributed by atoms with van der Waals surface area (Å²) in [6.07, 6.45) is 0.800. The van der Waals surface area contributed by atoms with Gasteiger partial charge < -0.3 is 4.74 Å². The number of rotatable bonds is 1. The third kappa shape index (κ3) is 2.82. The van der Waals surface area contributed by atoms with Crippen molar-refractivity contribution in [2.75, 3.05) is 6.61 Å². The zero-order valence-electron chi connectivity index (χ0n) is 8.37. The van der Waals surface area contributed by atoms with Crippen molar-refractivity contribution in [3.8, 4) is 0 Å². The van der Waals surface area contributed by atoms with E-state index < -0.39 is 3.79 Å². The molecule has 0 fully saturated rings. The van der Waals surface area contributed by atoms with Gasteiger partial charge in [0.1, 0.15) is 0 Å². The van der Waals surface area contributed by atoms with Crippen LogP contribution in [0.15, 0.2) is 35.3 Å². The molecule has 0 aromatic heterocycles.